The molecule has 0 bridgehead atoms. The average Bonchev–Trinajstić information content (AvgIpc) is 2.66. The van der Waals surface area contributed by atoms with Gasteiger partial charge in [0.25, 0.3) is 0 Å². The van der Waals surface area contributed by atoms with Crippen molar-refractivity contribution in [1.29, 1.82) is 0 Å². The van der Waals surface area contributed by atoms with Gasteiger partial charge >= 0.3 is 5.97 Å². The van der Waals surface area contributed by atoms with E-state index in [-0.39, 0.29) is 5.97 Å². The fourth-order valence-electron chi connectivity index (χ4n) is 1.48. The number of rotatable bonds is 2. The van der Waals surface area contributed by atoms with Gasteiger partial charge in [-0.2, -0.15) is 0 Å². The van der Waals surface area contributed by atoms with Gasteiger partial charge in [0, 0.05) is 11.6 Å². The predicted octanol–water partition coefficient (Wildman–Crippen LogP) is 2.90. The Bertz CT molecular complexity index is 512. The molecule has 80 valence electrons. The Morgan fingerprint density at radius 2 is 2.40 bits per heavy atom. The molecule has 0 radical (unpaired) electrons. The molecule has 0 saturated heterocycles. The van der Waals surface area contributed by atoms with Crippen molar-refractivity contribution in [3.8, 4) is 0 Å². The minimum atomic E-state index is -0.377. The van der Waals surface area contributed by atoms with Gasteiger partial charge in [-0.1, -0.05) is 0 Å². The van der Waals surface area contributed by atoms with Crippen LogP contribution in [0.4, 0.5) is 0 Å². The molecule has 0 unspecified atom stereocenters. The summed E-state index contributed by atoms with van der Waals surface area (Å²) in [5.41, 5.74) is 2.45. The predicted molar refractivity (Wildman–Crippen MR) is 56.3 cm³/mol. The Hall–Kier alpha value is -1.42. The number of aromatic nitrogens is 1. The largest absolute Gasteiger partial charge is 0.461 e. The maximum Gasteiger partial charge on any atom is 0.355 e. The Kier molecular flexibility index (Phi) is 2.44. The van der Waals surface area contributed by atoms with E-state index >= 15 is 0 Å². The summed E-state index contributed by atoms with van der Waals surface area (Å²) < 4.78 is 10.1. The average molecular weight is 228 g/mol. The molecule has 0 aliphatic rings. The zero-order chi connectivity index (χ0) is 11.0. The van der Waals surface area contributed by atoms with Gasteiger partial charge in [0.05, 0.1) is 12.1 Å². The molecule has 0 amide bonds. The Morgan fingerprint density at radius 3 is 3.00 bits per heavy atom. The van der Waals surface area contributed by atoms with Crippen LogP contribution in [0.15, 0.2) is 10.5 Å². The van der Waals surface area contributed by atoms with Crippen molar-refractivity contribution >= 4 is 28.7 Å². The molecule has 15 heavy (non-hydrogen) atoms. The van der Waals surface area contributed by atoms with E-state index in [0.29, 0.717) is 28.6 Å². The number of ether oxygens (including phenoxy) is 1. The maximum absolute atomic E-state index is 11.5. The van der Waals surface area contributed by atoms with E-state index in [2.05, 4.69) is 4.98 Å². The van der Waals surface area contributed by atoms with E-state index in [9.17, 15) is 4.79 Å². The molecule has 0 atom stereocenters. The molecule has 0 fully saturated rings. The Labute approximate surface area is 91.2 Å². The van der Waals surface area contributed by atoms with Crippen LogP contribution in [0.25, 0.3) is 11.1 Å². The lowest BCUT2D eigenvalue weighted by Gasteiger charge is -1.99. The smallest absolute Gasteiger partial charge is 0.355 e. The van der Waals surface area contributed by atoms with E-state index in [1.807, 2.05) is 0 Å². The lowest BCUT2D eigenvalue weighted by Crippen LogP contribution is -2.06. The number of aryl methyl sites for hydroxylation is 1. The molecule has 2 aromatic rings. The van der Waals surface area contributed by atoms with Crippen LogP contribution in [0.5, 0.6) is 0 Å². The van der Waals surface area contributed by atoms with Crippen LogP contribution in [-0.2, 0) is 4.74 Å². The van der Waals surface area contributed by atoms with Crippen molar-refractivity contribution in [3.05, 3.63) is 22.5 Å². The molecule has 0 aliphatic heterocycles. The molecule has 2 aromatic heterocycles. The molecule has 0 aliphatic carbocycles. The summed E-state index contributed by atoms with van der Waals surface area (Å²) in [5.74, 6) is -0.377. The number of halogens is 1. The van der Waals surface area contributed by atoms with Gasteiger partial charge in [-0.05, 0) is 25.4 Å². The molecular formula is C10H10ClNO3. The lowest BCUT2D eigenvalue weighted by atomic mass is 10.2. The summed E-state index contributed by atoms with van der Waals surface area (Å²) in [6, 6.07) is 1.63. The number of carbonyl (C=O) groups excluding carboxylic acids is 1. The van der Waals surface area contributed by atoms with Crippen LogP contribution in [0, 0.1) is 6.92 Å². The first-order valence-corrected chi connectivity index (χ1v) is 4.96. The second kappa shape index (κ2) is 3.62. The summed E-state index contributed by atoms with van der Waals surface area (Å²) in [6.07, 6.45) is 0. The van der Waals surface area contributed by atoms with Gasteiger partial charge in [0.15, 0.2) is 10.8 Å². The molecule has 0 saturated carbocycles. The monoisotopic (exact) mass is 227 g/mol. The Balaban J connectivity index is 2.49. The van der Waals surface area contributed by atoms with Crippen molar-refractivity contribution in [1.82, 2.24) is 4.98 Å². The normalized spacial score (nSPS) is 10.9. The summed E-state index contributed by atoms with van der Waals surface area (Å²) in [7, 11) is 0. The van der Waals surface area contributed by atoms with Gasteiger partial charge in [-0.15, -0.1) is 0 Å². The number of furan rings is 1. The number of fused-ring (bicyclic) bond motifs is 1. The zero-order valence-electron chi connectivity index (χ0n) is 8.39. The van der Waals surface area contributed by atoms with Crippen LogP contribution < -0.4 is 0 Å². The molecule has 5 heteroatoms. The van der Waals surface area contributed by atoms with Gasteiger partial charge < -0.3 is 14.1 Å². The van der Waals surface area contributed by atoms with E-state index in [4.69, 9.17) is 20.8 Å². The topological polar surface area (TPSA) is 55.2 Å². The first-order valence-electron chi connectivity index (χ1n) is 4.58. The molecule has 2 rings (SSSR count). The first kappa shape index (κ1) is 10.1. The minimum Gasteiger partial charge on any atom is -0.461 e. The lowest BCUT2D eigenvalue weighted by molar-refractivity contribution is 0.0519. The number of nitrogens with one attached hydrogen (secondary N) is 1. The molecular weight excluding hydrogens is 218 g/mol. The Morgan fingerprint density at radius 1 is 1.67 bits per heavy atom. The minimum absolute atomic E-state index is 0.301. The highest BCUT2D eigenvalue weighted by molar-refractivity contribution is 6.29. The van der Waals surface area contributed by atoms with Crippen LogP contribution in [0.3, 0.4) is 0 Å². The number of carbonyl (C=O) groups is 1. The number of H-pyrrole nitrogens is 1. The highest BCUT2D eigenvalue weighted by Gasteiger charge is 2.18. The van der Waals surface area contributed by atoms with Crippen LogP contribution in [-0.4, -0.2) is 17.6 Å². The zero-order valence-corrected chi connectivity index (χ0v) is 9.14. The second-order valence-electron chi connectivity index (χ2n) is 3.14. The fourth-order valence-corrected chi connectivity index (χ4v) is 1.67. The van der Waals surface area contributed by atoms with Gasteiger partial charge in [0.2, 0.25) is 0 Å². The third-order valence-corrected chi connectivity index (χ3v) is 2.34. The van der Waals surface area contributed by atoms with E-state index in [0.717, 1.165) is 5.56 Å². The van der Waals surface area contributed by atoms with Crippen molar-refractivity contribution in [2.75, 3.05) is 6.61 Å². The van der Waals surface area contributed by atoms with Gasteiger partial charge in [-0.3, -0.25) is 0 Å². The summed E-state index contributed by atoms with van der Waals surface area (Å²) in [4.78, 5) is 14.4. The molecule has 0 spiro atoms. The van der Waals surface area contributed by atoms with Crippen molar-refractivity contribution in [3.63, 3.8) is 0 Å². The molecule has 1 N–H and O–H groups in total. The number of aromatic amines is 1. The fraction of sp³-hybridized carbons (Fsp3) is 0.300. The molecule has 4 nitrogen and oxygen atoms in total. The van der Waals surface area contributed by atoms with Crippen molar-refractivity contribution in [2.45, 2.75) is 13.8 Å². The third kappa shape index (κ3) is 1.61. The summed E-state index contributed by atoms with van der Waals surface area (Å²) in [5, 5.41) is 0.301. The van der Waals surface area contributed by atoms with Gasteiger partial charge in [-0.25, -0.2) is 4.79 Å². The maximum atomic E-state index is 11.5. The third-order valence-electron chi connectivity index (χ3n) is 2.16. The highest BCUT2D eigenvalue weighted by atomic mass is 35.5. The first-order chi connectivity index (χ1) is 7.13. The number of esters is 1. The van der Waals surface area contributed by atoms with Crippen LogP contribution in [0.2, 0.25) is 5.22 Å². The number of hydrogen-bond donors (Lipinski definition) is 1. The SMILES string of the molecule is CCOC(=O)c1[nH]c2cc(Cl)oc2c1C. The summed E-state index contributed by atoms with van der Waals surface area (Å²) in [6.45, 7) is 3.89. The highest BCUT2D eigenvalue weighted by Crippen LogP contribution is 2.27. The summed E-state index contributed by atoms with van der Waals surface area (Å²) >= 11 is 5.69. The van der Waals surface area contributed by atoms with Crippen LogP contribution in [0.1, 0.15) is 23.0 Å². The van der Waals surface area contributed by atoms with E-state index in [1.165, 1.54) is 0 Å². The molecule has 0 aromatic carbocycles. The van der Waals surface area contributed by atoms with Gasteiger partial charge in [0.1, 0.15) is 5.69 Å². The molecule has 2 heterocycles. The van der Waals surface area contributed by atoms with E-state index in [1.54, 1.807) is 19.9 Å². The second-order valence-corrected chi connectivity index (χ2v) is 3.51. The van der Waals surface area contributed by atoms with Crippen molar-refractivity contribution < 1.29 is 13.9 Å². The number of hydrogen-bond acceptors (Lipinski definition) is 3. The standard InChI is InChI=1S/C10H10ClNO3/c1-3-14-10(13)8-5(2)9-6(12-8)4-7(11)15-9/h4,12H,3H2,1-2H3. The van der Waals surface area contributed by atoms with Crippen LogP contribution >= 0.6 is 11.6 Å². The van der Waals surface area contributed by atoms with E-state index < -0.39 is 0 Å². The quantitative estimate of drug-likeness (QED) is 0.803. The van der Waals surface area contributed by atoms with Crippen molar-refractivity contribution in [2.24, 2.45) is 0 Å².